The summed E-state index contributed by atoms with van der Waals surface area (Å²) in [7, 11) is 0. The first-order chi connectivity index (χ1) is 11.6. The lowest BCUT2D eigenvalue weighted by atomic mass is 9.94. The van der Waals surface area contributed by atoms with E-state index in [-0.39, 0.29) is 11.9 Å². The molecule has 2 heterocycles. The number of carbonyl (C=O) groups is 2. The molecule has 1 aliphatic heterocycles. The summed E-state index contributed by atoms with van der Waals surface area (Å²) >= 11 is 1.68. The Morgan fingerprint density at radius 1 is 1.21 bits per heavy atom. The van der Waals surface area contributed by atoms with E-state index in [2.05, 4.69) is 10.6 Å². The fourth-order valence-corrected chi connectivity index (χ4v) is 4.72. The summed E-state index contributed by atoms with van der Waals surface area (Å²) in [4.78, 5) is 25.3. The summed E-state index contributed by atoms with van der Waals surface area (Å²) in [6.45, 7) is 1.37. The van der Waals surface area contributed by atoms with Gasteiger partial charge < -0.3 is 15.4 Å². The number of aryl methyl sites for hydroxylation is 1. The molecule has 5 nitrogen and oxygen atoms in total. The maximum absolute atomic E-state index is 12.7. The summed E-state index contributed by atoms with van der Waals surface area (Å²) < 4.78 is 5.28. The molecule has 1 aromatic carbocycles. The van der Waals surface area contributed by atoms with E-state index in [1.54, 1.807) is 17.4 Å². The highest BCUT2D eigenvalue weighted by atomic mass is 32.1. The number of amides is 1. The molecule has 1 aromatic heterocycles. The first-order valence-corrected chi connectivity index (χ1v) is 8.94. The average Bonchev–Trinajstić information content (AvgIpc) is 2.93. The highest BCUT2D eigenvalue weighted by molar-refractivity contribution is 7.16. The van der Waals surface area contributed by atoms with Crippen molar-refractivity contribution in [3.05, 3.63) is 45.8 Å². The third-order valence-corrected chi connectivity index (χ3v) is 5.66. The van der Waals surface area contributed by atoms with Gasteiger partial charge in [0.05, 0.1) is 5.56 Å². The second-order valence-electron chi connectivity index (χ2n) is 6.10. The number of hydrogen-bond acceptors (Lipinski definition) is 5. The molecule has 0 saturated heterocycles. The van der Waals surface area contributed by atoms with Crippen LogP contribution in [0.5, 0.6) is 5.75 Å². The summed E-state index contributed by atoms with van der Waals surface area (Å²) in [5, 5.41) is 7.34. The van der Waals surface area contributed by atoms with Crippen molar-refractivity contribution < 1.29 is 14.3 Å². The van der Waals surface area contributed by atoms with Crippen molar-refractivity contribution in [2.24, 2.45) is 0 Å². The van der Waals surface area contributed by atoms with Gasteiger partial charge in [0.25, 0.3) is 5.91 Å². The van der Waals surface area contributed by atoms with Crippen LogP contribution >= 0.6 is 11.3 Å². The maximum atomic E-state index is 12.7. The molecule has 0 radical (unpaired) electrons. The largest absolute Gasteiger partial charge is 0.426 e. The van der Waals surface area contributed by atoms with E-state index >= 15 is 0 Å². The Kier molecular flexibility index (Phi) is 3.76. The van der Waals surface area contributed by atoms with Crippen LogP contribution in [0.2, 0.25) is 0 Å². The van der Waals surface area contributed by atoms with E-state index in [9.17, 15) is 9.59 Å². The van der Waals surface area contributed by atoms with Gasteiger partial charge in [0, 0.05) is 17.4 Å². The van der Waals surface area contributed by atoms with Crippen molar-refractivity contribution in [3.63, 3.8) is 0 Å². The normalized spacial score (nSPS) is 18.9. The third-order valence-electron chi connectivity index (χ3n) is 4.43. The van der Waals surface area contributed by atoms with E-state index in [1.165, 1.54) is 23.8 Å². The minimum atomic E-state index is -0.402. The summed E-state index contributed by atoms with van der Waals surface area (Å²) in [6, 6.07) is 7.26. The zero-order valence-corrected chi connectivity index (χ0v) is 14.2. The van der Waals surface area contributed by atoms with Gasteiger partial charge in [-0.1, -0.05) is 18.2 Å². The first kappa shape index (κ1) is 15.2. The van der Waals surface area contributed by atoms with E-state index in [1.807, 2.05) is 18.2 Å². The van der Waals surface area contributed by atoms with Crippen LogP contribution in [0.25, 0.3) is 0 Å². The topological polar surface area (TPSA) is 67.4 Å². The number of hydrogen-bond donors (Lipinski definition) is 2. The number of carbonyl (C=O) groups excluding carboxylic acids is 2. The molecule has 0 unspecified atom stereocenters. The van der Waals surface area contributed by atoms with Crippen LogP contribution in [-0.4, -0.2) is 11.9 Å². The van der Waals surface area contributed by atoms with Crippen molar-refractivity contribution in [1.82, 2.24) is 5.32 Å². The SMILES string of the molecule is CC(=O)Oc1ccccc1[C@H]1NC(=O)c2c(sc3c2CCCC3)N1. The van der Waals surface area contributed by atoms with Crippen LogP contribution in [0.1, 0.15) is 52.3 Å². The van der Waals surface area contributed by atoms with Gasteiger partial charge in [-0.15, -0.1) is 11.3 Å². The molecule has 4 rings (SSSR count). The molecule has 24 heavy (non-hydrogen) atoms. The quantitative estimate of drug-likeness (QED) is 0.648. The van der Waals surface area contributed by atoms with Crippen LogP contribution < -0.4 is 15.4 Å². The molecule has 2 aliphatic rings. The van der Waals surface area contributed by atoms with Gasteiger partial charge in [-0.2, -0.15) is 0 Å². The van der Waals surface area contributed by atoms with Crippen LogP contribution in [0.3, 0.4) is 0 Å². The van der Waals surface area contributed by atoms with Gasteiger partial charge in [0.15, 0.2) is 0 Å². The van der Waals surface area contributed by atoms with Gasteiger partial charge in [0.2, 0.25) is 0 Å². The summed E-state index contributed by atoms with van der Waals surface area (Å²) in [6.07, 6.45) is 3.96. The highest BCUT2D eigenvalue weighted by Gasteiger charge is 2.33. The zero-order valence-electron chi connectivity index (χ0n) is 13.3. The van der Waals surface area contributed by atoms with E-state index in [0.29, 0.717) is 5.75 Å². The lowest BCUT2D eigenvalue weighted by molar-refractivity contribution is -0.131. The van der Waals surface area contributed by atoms with Crippen LogP contribution in [-0.2, 0) is 17.6 Å². The Balaban J connectivity index is 1.70. The molecule has 0 fully saturated rings. The molecule has 2 N–H and O–H groups in total. The van der Waals surface area contributed by atoms with E-state index in [4.69, 9.17) is 4.74 Å². The molecule has 2 aromatic rings. The number of fused-ring (bicyclic) bond motifs is 3. The van der Waals surface area contributed by atoms with E-state index in [0.717, 1.165) is 35.4 Å². The Morgan fingerprint density at radius 2 is 2.00 bits per heavy atom. The van der Waals surface area contributed by atoms with Gasteiger partial charge in [-0.05, 0) is 37.3 Å². The lowest BCUT2D eigenvalue weighted by Gasteiger charge is -2.27. The Morgan fingerprint density at radius 3 is 2.83 bits per heavy atom. The van der Waals surface area contributed by atoms with E-state index < -0.39 is 6.17 Å². The zero-order chi connectivity index (χ0) is 16.7. The van der Waals surface area contributed by atoms with Crippen LogP contribution in [0.4, 0.5) is 5.00 Å². The smallest absolute Gasteiger partial charge is 0.308 e. The van der Waals surface area contributed by atoms with Gasteiger partial charge in [0.1, 0.15) is 16.9 Å². The number of benzene rings is 1. The predicted octanol–water partition coefficient (Wildman–Crippen LogP) is 3.41. The number of para-hydroxylation sites is 1. The monoisotopic (exact) mass is 342 g/mol. The Bertz CT molecular complexity index is 828. The van der Waals surface area contributed by atoms with Crippen molar-refractivity contribution in [3.8, 4) is 5.75 Å². The molecule has 1 atom stereocenters. The summed E-state index contributed by atoms with van der Waals surface area (Å²) in [5.41, 5.74) is 2.76. The highest BCUT2D eigenvalue weighted by Crippen LogP contribution is 2.42. The number of ether oxygens (including phenoxy) is 1. The predicted molar refractivity (Wildman–Crippen MR) is 92.5 cm³/mol. The van der Waals surface area contributed by atoms with Crippen molar-refractivity contribution in [2.45, 2.75) is 38.8 Å². The first-order valence-electron chi connectivity index (χ1n) is 8.13. The number of esters is 1. The van der Waals surface area contributed by atoms with Crippen molar-refractivity contribution in [2.75, 3.05) is 5.32 Å². The Hall–Kier alpha value is -2.34. The van der Waals surface area contributed by atoms with Gasteiger partial charge >= 0.3 is 5.97 Å². The molecule has 124 valence electrons. The average molecular weight is 342 g/mol. The molecule has 1 amide bonds. The molecule has 0 bridgehead atoms. The molecule has 0 spiro atoms. The summed E-state index contributed by atoms with van der Waals surface area (Å²) in [5.74, 6) is 0.0372. The molecule has 0 saturated carbocycles. The van der Waals surface area contributed by atoms with Crippen molar-refractivity contribution in [1.29, 1.82) is 0 Å². The lowest BCUT2D eigenvalue weighted by Crippen LogP contribution is -2.38. The fourth-order valence-electron chi connectivity index (χ4n) is 3.40. The standard InChI is InChI=1S/C18H18N2O3S/c1-10(21)23-13-8-4-2-6-11(13)16-19-17(22)15-12-7-3-5-9-14(12)24-18(15)20-16/h2,4,6,8,16,20H,3,5,7,9H2,1H3,(H,19,22)/t16-/m0/s1. The second kappa shape index (κ2) is 5.94. The number of rotatable bonds is 2. The minimum Gasteiger partial charge on any atom is -0.426 e. The molecule has 1 aliphatic carbocycles. The van der Waals surface area contributed by atoms with Gasteiger partial charge in [-0.3, -0.25) is 9.59 Å². The van der Waals surface area contributed by atoms with Crippen LogP contribution in [0.15, 0.2) is 24.3 Å². The number of anilines is 1. The molecular weight excluding hydrogens is 324 g/mol. The fraction of sp³-hybridized carbons (Fsp3) is 0.333. The number of nitrogens with one attached hydrogen (secondary N) is 2. The third kappa shape index (κ3) is 2.57. The Labute approximate surface area is 144 Å². The molecular formula is C18H18N2O3S. The van der Waals surface area contributed by atoms with Crippen molar-refractivity contribution >= 4 is 28.2 Å². The minimum absolute atomic E-state index is 0.0502. The number of thiophene rings is 1. The second-order valence-corrected chi connectivity index (χ2v) is 7.20. The van der Waals surface area contributed by atoms with Gasteiger partial charge in [-0.25, -0.2) is 0 Å². The van der Waals surface area contributed by atoms with Crippen LogP contribution in [0, 0.1) is 0 Å². The maximum Gasteiger partial charge on any atom is 0.308 e. The molecule has 6 heteroatoms.